The molecule has 2 N–H and O–H groups in total. The molecule has 1 aliphatic heterocycles. The normalized spacial score (nSPS) is 13.9. The van der Waals surface area contributed by atoms with E-state index in [9.17, 15) is 14.4 Å². The Bertz CT molecular complexity index is 978. The highest BCUT2D eigenvalue weighted by Gasteiger charge is 2.25. The number of carbonyl (C=O) groups excluding carboxylic acids is 3. The van der Waals surface area contributed by atoms with Crippen LogP contribution in [0.25, 0.3) is 0 Å². The van der Waals surface area contributed by atoms with Crippen molar-refractivity contribution in [2.45, 2.75) is 38.1 Å². The second-order valence-corrected chi connectivity index (χ2v) is 8.90. The number of hydrogen-bond acceptors (Lipinski definition) is 8. The van der Waals surface area contributed by atoms with E-state index in [-0.39, 0.29) is 29.5 Å². The topological polar surface area (TPSA) is 114 Å². The summed E-state index contributed by atoms with van der Waals surface area (Å²) in [6.07, 6.45) is 4.02. The van der Waals surface area contributed by atoms with Gasteiger partial charge in [-0.2, -0.15) is 0 Å². The van der Waals surface area contributed by atoms with E-state index in [1.54, 1.807) is 31.2 Å². The van der Waals surface area contributed by atoms with Crippen molar-refractivity contribution in [3.05, 3.63) is 42.2 Å². The quantitative estimate of drug-likeness (QED) is 0.300. The van der Waals surface area contributed by atoms with Gasteiger partial charge in [0.15, 0.2) is 0 Å². The summed E-state index contributed by atoms with van der Waals surface area (Å²) >= 11 is 1.33. The number of benzene rings is 1. The monoisotopic (exact) mass is 485 g/mol. The highest BCUT2D eigenvalue weighted by Crippen LogP contribution is 2.25. The Labute approximate surface area is 204 Å². The maximum absolute atomic E-state index is 12.4. The number of thioether (sulfide) groups is 1. The molecule has 1 saturated heterocycles. The summed E-state index contributed by atoms with van der Waals surface area (Å²) in [7, 11) is 0. The molecule has 2 aromatic rings. The molecule has 0 bridgehead atoms. The molecule has 0 saturated carbocycles. The van der Waals surface area contributed by atoms with Gasteiger partial charge in [-0.3, -0.25) is 9.59 Å². The van der Waals surface area contributed by atoms with Crippen molar-refractivity contribution >= 4 is 41.1 Å². The standard InChI is InChI=1S/C24H31N5O4S/c1-3-11-25-23(31)17-9-12-29(13-10-17)20-14-22(27-16-26-20)34-15-21(30)28-19-7-5-18(6-8-19)24(32)33-4-2/h5-8,14,16-17H,3-4,9-13,15H2,1-2H3,(H,25,31)(H,28,30). The number of nitrogens with zero attached hydrogens (tertiary/aromatic N) is 3. The minimum atomic E-state index is -0.389. The molecule has 0 unspecified atom stereocenters. The first-order valence-electron chi connectivity index (χ1n) is 11.5. The molecule has 2 heterocycles. The summed E-state index contributed by atoms with van der Waals surface area (Å²) in [4.78, 5) is 47.1. The fourth-order valence-corrected chi connectivity index (χ4v) is 4.25. The molecule has 1 aliphatic rings. The van der Waals surface area contributed by atoms with Gasteiger partial charge in [-0.25, -0.2) is 14.8 Å². The minimum absolute atomic E-state index is 0.0496. The molecular formula is C24H31N5O4S. The van der Waals surface area contributed by atoms with Gasteiger partial charge in [0.25, 0.3) is 0 Å². The summed E-state index contributed by atoms with van der Waals surface area (Å²) in [5.41, 5.74) is 1.04. The number of esters is 1. The van der Waals surface area contributed by atoms with Gasteiger partial charge < -0.3 is 20.3 Å². The third-order valence-corrected chi connectivity index (χ3v) is 6.32. The van der Waals surface area contributed by atoms with Gasteiger partial charge in [0.2, 0.25) is 11.8 Å². The van der Waals surface area contributed by atoms with Gasteiger partial charge in [-0.15, -0.1) is 0 Å². The van der Waals surface area contributed by atoms with Crippen LogP contribution in [0.15, 0.2) is 41.7 Å². The summed E-state index contributed by atoms with van der Waals surface area (Å²) < 4.78 is 4.96. The third-order valence-electron chi connectivity index (χ3n) is 5.40. The highest BCUT2D eigenvalue weighted by atomic mass is 32.2. The Morgan fingerprint density at radius 1 is 1.12 bits per heavy atom. The Hall–Kier alpha value is -3.14. The molecule has 0 radical (unpaired) electrons. The van der Waals surface area contributed by atoms with Crippen molar-refractivity contribution in [3.8, 4) is 0 Å². The summed E-state index contributed by atoms with van der Waals surface area (Å²) in [6, 6.07) is 8.46. The zero-order chi connectivity index (χ0) is 24.3. The second kappa shape index (κ2) is 12.9. The van der Waals surface area contributed by atoms with Crippen LogP contribution in [0.3, 0.4) is 0 Å². The maximum atomic E-state index is 12.4. The Morgan fingerprint density at radius 2 is 1.85 bits per heavy atom. The summed E-state index contributed by atoms with van der Waals surface area (Å²) in [5.74, 6) is 0.623. The molecule has 3 rings (SSSR count). The Balaban J connectivity index is 1.47. The van der Waals surface area contributed by atoms with Crippen molar-refractivity contribution in [1.82, 2.24) is 15.3 Å². The molecule has 0 spiro atoms. The number of aromatic nitrogens is 2. The average molecular weight is 486 g/mol. The van der Waals surface area contributed by atoms with E-state index in [1.807, 2.05) is 13.0 Å². The number of rotatable bonds is 10. The number of piperidine rings is 1. The van der Waals surface area contributed by atoms with E-state index < -0.39 is 0 Å². The Morgan fingerprint density at radius 3 is 2.53 bits per heavy atom. The van der Waals surface area contributed by atoms with Crippen molar-refractivity contribution in [3.63, 3.8) is 0 Å². The first kappa shape index (κ1) is 25.5. The van der Waals surface area contributed by atoms with Gasteiger partial charge in [0, 0.05) is 37.3 Å². The fourth-order valence-electron chi connectivity index (χ4n) is 3.59. The lowest BCUT2D eigenvalue weighted by Gasteiger charge is -2.32. The number of ether oxygens (including phenoxy) is 1. The molecule has 1 aromatic heterocycles. The van der Waals surface area contributed by atoms with Crippen LogP contribution in [0.5, 0.6) is 0 Å². The van der Waals surface area contributed by atoms with Crippen LogP contribution in [0.4, 0.5) is 11.5 Å². The predicted molar refractivity (Wildman–Crippen MR) is 132 cm³/mol. The van der Waals surface area contributed by atoms with Gasteiger partial charge >= 0.3 is 5.97 Å². The summed E-state index contributed by atoms with van der Waals surface area (Å²) in [5, 5.41) is 6.50. The zero-order valence-corrected chi connectivity index (χ0v) is 20.4. The number of anilines is 2. The van der Waals surface area contributed by atoms with E-state index in [0.717, 1.165) is 44.7 Å². The number of amides is 2. The molecule has 0 atom stereocenters. The van der Waals surface area contributed by atoms with Crippen LogP contribution in [0.2, 0.25) is 0 Å². The molecule has 10 heteroatoms. The lowest BCUT2D eigenvalue weighted by molar-refractivity contribution is -0.125. The molecule has 34 heavy (non-hydrogen) atoms. The highest BCUT2D eigenvalue weighted by molar-refractivity contribution is 7.99. The van der Waals surface area contributed by atoms with Gasteiger partial charge in [0.1, 0.15) is 17.2 Å². The minimum Gasteiger partial charge on any atom is -0.462 e. The van der Waals surface area contributed by atoms with Crippen molar-refractivity contribution in [2.24, 2.45) is 5.92 Å². The second-order valence-electron chi connectivity index (χ2n) is 7.90. The lowest BCUT2D eigenvalue weighted by atomic mass is 9.96. The lowest BCUT2D eigenvalue weighted by Crippen LogP contribution is -2.41. The maximum Gasteiger partial charge on any atom is 0.338 e. The van der Waals surface area contributed by atoms with Crippen molar-refractivity contribution < 1.29 is 19.1 Å². The van der Waals surface area contributed by atoms with Crippen molar-refractivity contribution in [1.29, 1.82) is 0 Å². The van der Waals surface area contributed by atoms with Crippen LogP contribution < -0.4 is 15.5 Å². The Kier molecular flexibility index (Phi) is 9.69. The molecule has 2 amide bonds. The van der Waals surface area contributed by atoms with Crippen LogP contribution in [-0.4, -0.2) is 59.7 Å². The largest absolute Gasteiger partial charge is 0.462 e. The molecule has 0 aliphatic carbocycles. The average Bonchev–Trinajstić information content (AvgIpc) is 2.87. The third kappa shape index (κ3) is 7.44. The van der Waals surface area contributed by atoms with E-state index in [2.05, 4.69) is 25.5 Å². The van der Waals surface area contributed by atoms with Crippen LogP contribution in [0.1, 0.15) is 43.5 Å². The number of carbonyl (C=O) groups is 3. The predicted octanol–water partition coefficient (Wildman–Crippen LogP) is 3.13. The fraction of sp³-hybridized carbons (Fsp3) is 0.458. The van der Waals surface area contributed by atoms with E-state index in [0.29, 0.717) is 22.9 Å². The smallest absolute Gasteiger partial charge is 0.338 e. The van der Waals surface area contributed by atoms with Gasteiger partial charge in [-0.05, 0) is 50.5 Å². The first-order valence-corrected chi connectivity index (χ1v) is 12.5. The zero-order valence-electron chi connectivity index (χ0n) is 19.6. The van der Waals surface area contributed by atoms with Crippen LogP contribution >= 0.6 is 11.8 Å². The molecule has 9 nitrogen and oxygen atoms in total. The van der Waals surface area contributed by atoms with Gasteiger partial charge in [0.05, 0.1) is 17.9 Å². The molecule has 182 valence electrons. The molecule has 1 fully saturated rings. The van der Waals surface area contributed by atoms with E-state index in [4.69, 9.17) is 4.74 Å². The number of nitrogens with one attached hydrogen (secondary N) is 2. The van der Waals surface area contributed by atoms with Crippen LogP contribution in [-0.2, 0) is 14.3 Å². The van der Waals surface area contributed by atoms with Crippen molar-refractivity contribution in [2.75, 3.05) is 42.2 Å². The first-order chi connectivity index (χ1) is 16.5. The van der Waals surface area contributed by atoms with E-state index in [1.165, 1.54) is 18.1 Å². The number of hydrogen-bond donors (Lipinski definition) is 2. The van der Waals surface area contributed by atoms with Crippen LogP contribution in [0, 0.1) is 5.92 Å². The SMILES string of the molecule is CCCNC(=O)C1CCN(c2cc(SCC(=O)Nc3ccc(C(=O)OCC)cc3)ncn2)CC1. The molecule has 1 aromatic carbocycles. The molecular weight excluding hydrogens is 454 g/mol. The van der Waals surface area contributed by atoms with Gasteiger partial charge in [-0.1, -0.05) is 18.7 Å². The summed E-state index contributed by atoms with van der Waals surface area (Å²) in [6.45, 7) is 6.34. The van der Waals surface area contributed by atoms with E-state index >= 15 is 0 Å².